The SMILES string of the molecule is CO[C@H]1C[C@@H](CN2CCCC2)N(c2ncc(Cl)cn2)C1. The molecule has 1 aromatic heterocycles. The van der Waals surface area contributed by atoms with Crippen LogP contribution < -0.4 is 4.90 Å². The first-order valence-corrected chi connectivity index (χ1v) is 7.63. The van der Waals surface area contributed by atoms with Crippen LogP contribution in [0.25, 0.3) is 0 Å². The Balaban J connectivity index is 1.73. The van der Waals surface area contributed by atoms with Crippen molar-refractivity contribution in [2.45, 2.75) is 31.4 Å². The minimum Gasteiger partial charge on any atom is -0.380 e. The lowest BCUT2D eigenvalue weighted by Crippen LogP contribution is -2.40. The number of anilines is 1. The van der Waals surface area contributed by atoms with Crippen LogP contribution in [0.4, 0.5) is 5.95 Å². The number of nitrogens with zero attached hydrogens (tertiary/aromatic N) is 4. The van der Waals surface area contributed by atoms with Crippen molar-refractivity contribution >= 4 is 17.5 Å². The van der Waals surface area contributed by atoms with Crippen LogP contribution in [0, 0.1) is 0 Å². The molecule has 0 aliphatic carbocycles. The zero-order valence-electron chi connectivity index (χ0n) is 11.8. The largest absolute Gasteiger partial charge is 0.380 e. The van der Waals surface area contributed by atoms with Gasteiger partial charge in [-0.3, -0.25) is 0 Å². The van der Waals surface area contributed by atoms with E-state index in [9.17, 15) is 0 Å². The second kappa shape index (κ2) is 6.24. The van der Waals surface area contributed by atoms with Crippen molar-refractivity contribution in [1.29, 1.82) is 0 Å². The number of halogens is 1. The Labute approximate surface area is 124 Å². The Bertz CT molecular complexity index is 435. The van der Waals surface area contributed by atoms with Gasteiger partial charge >= 0.3 is 0 Å². The molecule has 0 radical (unpaired) electrons. The molecule has 0 spiro atoms. The van der Waals surface area contributed by atoms with Crippen molar-refractivity contribution in [2.75, 3.05) is 38.2 Å². The van der Waals surface area contributed by atoms with E-state index in [0.717, 1.165) is 25.5 Å². The van der Waals surface area contributed by atoms with Crippen LogP contribution in [-0.4, -0.2) is 60.3 Å². The van der Waals surface area contributed by atoms with Crippen molar-refractivity contribution < 1.29 is 4.74 Å². The fraction of sp³-hybridized carbons (Fsp3) is 0.714. The molecule has 2 aliphatic rings. The van der Waals surface area contributed by atoms with E-state index in [-0.39, 0.29) is 6.10 Å². The van der Waals surface area contributed by atoms with Gasteiger partial charge in [0.2, 0.25) is 5.95 Å². The van der Waals surface area contributed by atoms with Gasteiger partial charge in [-0.1, -0.05) is 11.6 Å². The van der Waals surface area contributed by atoms with E-state index in [1.165, 1.54) is 25.9 Å². The van der Waals surface area contributed by atoms with E-state index in [1.54, 1.807) is 19.5 Å². The monoisotopic (exact) mass is 296 g/mol. The first kappa shape index (κ1) is 14.0. The molecule has 2 saturated heterocycles. The third kappa shape index (κ3) is 3.05. The molecule has 0 amide bonds. The third-order valence-electron chi connectivity index (χ3n) is 4.24. The number of methoxy groups -OCH3 is 1. The maximum atomic E-state index is 5.87. The molecule has 110 valence electrons. The van der Waals surface area contributed by atoms with Gasteiger partial charge in [0.15, 0.2) is 0 Å². The molecule has 0 N–H and O–H groups in total. The second-order valence-electron chi connectivity index (χ2n) is 5.61. The van der Waals surface area contributed by atoms with Crippen LogP contribution in [-0.2, 0) is 4.74 Å². The molecule has 1 aromatic rings. The zero-order valence-corrected chi connectivity index (χ0v) is 12.6. The van der Waals surface area contributed by atoms with Gasteiger partial charge in [0.05, 0.1) is 23.5 Å². The zero-order chi connectivity index (χ0) is 13.9. The van der Waals surface area contributed by atoms with E-state index >= 15 is 0 Å². The molecule has 0 saturated carbocycles. The first-order valence-electron chi connectivity index (χ1n) is 7.25. The van der Waals surface area contributed by atoms with Gasteiger partial charge in [-0.25, -0.2) is 9.97 Å². The lowest BCUT2D eigenvalue weighted by molar-refractivity contribution is 0.116. The minimum atomic E-state index is 0.266. The van der Waals surface area contributed by atoms with Crippen molar-refractivity contribution in [1.82, 2.24) is 14.9 Å². The summed E-state index contributed by atoms with van der Waals surface area (Å²) in [5, 5.41) is 0.576. The van der Waals surface area contributed by atoms with E-state index in [4.69, 9.17) is 16.3 Å². The highest BCUT2D eigenvalue weighted by Gasteiger charge is 2.35. The van der Waals surface area contributed by atoms with Gasteiger partial charge in [-0.15, -0.1) is 0 Å². The van der Waals surface area contributed by atoms with Gasteiger partial charge < -0.3 is 14.5 Å². The Morgan fingerprint density at radius 2 is 2.00 bits per heavy atom. The average molecular weight is 297 g/mol. The quantitative estimate of drug-likeness (QED) is 0.848. The van der Waals surface area contributed by atoms with Crippen LogP contribution in [0.5, 0.6) is 0 Å². The lowest BCUT2D eigenvalue weighted by Gasteiger charge is -2.28. The van der Waals surface area contributed by atoms with Crippen molar-refractivity contribution in [3.05, 3.63) is 17.4 Å². The van der Waals surface area contributed by atoms with Gasteiger partial charge in [-0.05, 0) is 32.4 Å². The minimum absolute atomic E-state index is 0.266. The van der Waals surface area contributed by atoms with E-state index < -0.39 is 0 Å². The molecule has 2 fully saturated rings. The first-order chi connectivity index (χ1) is 9.76. The number of ether oxygens (including phenoxy) is 1. The maximum absolute atomic E-state index is 5.87. The Morgan fingerprint density at radius 1 is 1.30 bits per heavy atom. The van der Waals surface area contributed by atoms with Crippen molar-refractivity contribution in [3.8, 4) is 0 Å². The highest BCUT2D eigenvalue weighted by atomic mass is 35.5. The number of hydrogen-bond donors (Lipinski definition) is 0. The third-order valence-corrected chi connectivity index (χ3v) is 4.44. The molecule has 3 heterocycles. The van der Waals surface area contributed by atoms with Crippen molar-refractivity contribution in [2.24, 2.45) is 0 Å². The summed E-state index contributed by atoms with van der Waals surface area (Å²) < 4.78 is 5.54. The Hall–Kier alpha value is -0.910. The normalized spacial score (nSPS) is 27.4. The number of likely N-dealkylation sites (tertiary alicyclic amines) is 1. The molecule has 5 nitrogen and oxygen atoms in total. The summed E-state index contributed by atoms with van der Waals surface area (Å²) in [6, 6.07) is 0.430. The summed E-state index contributed by atoms with van der Waals surface area (Å²) in [6.07, 6.45) is 7.27. The topological polar surface area (TPSA) is 41.5 Å². The Kier molecular flexibility index (Phi) is 4.38. The van der Waals surface area contributed by atoms with E-state index in [1.807, 2.05) is 0 Å². The number of rotatable bonds is 4. The Morgan fingerprint density at radius 3 is 2.65 bits per heavy atom. The van der Waals surface area contributed by atoms with Crippen LogP contribution in [0.3, 0.4) is 0 Å². The second-order valence-corrected chi connectivity index (χ2v) is 6.05. The van der Waals surface area contributed by atoms with E-state index in [2.05, 4.69) is 19.8 Å². The smallest absolute Gasteiger partial charge is 0.225 e. The summed E-state index contributed by atoms with van der Waals surface area (Å²) in [5.41, 5.74) is 0. The molecular weight excluding hydrogens is 276 g/mol. The lowest BCUT2D eigenvalue weighted by atomic mass is 10.2. The molecule has 0 bridgehead atoms. The maximum Gasteiger partial charge on any atom is 0.225 e. The standard InChI is InChI=1S/C14H21ClN4O/c1-20-13-6-12(9-18-4-2-3-5-18)19(10-13)14-16-7-11(15)8-17-14/h7-8,12-13H,2-6,9-10H2,1H3/t12-,13-/m0/s1. The summed E-state index contributed by atoms with van der Waals surface area (Å²) in [5.74, 6) is 0.762. The molecule has 3 rings (SSSR count). The highest BCUT2D eigenvalue weighted by Crippen LogP contribution is 2.26. The summed E-state index contributed by atoms with van der Waals surface area (Å²) in [7, 11) is 1.78. The molecule has 20 heavy (non-hydrogen) atoms. The predicted molar refractivity (Wildman–Crippen MR) is 79.3 cm³/mol. The van der Waals surface area contributed by atoms with Gasteiger partial charge in [0, 0.05) is 26.2 Å². The molecule has 2 aliphatic heterocycles. The predicted octanol–water partition coefficient (Wildman–Crippen LogP) is 1.82. The molecule has 0 aromatic carbocycles. The van der Waals surface area contributed by atoms with Gasteiger partial charge in [0.1, 0.15) is 0 Å². The van der Waals surface area contributed by atoms with Crippen LogP contribution in [0.2, 0.25) is 5.02 Å². The van der Waals surface area contributed by atoms with Crippen LogP contribution in [0.15, 0.2) is 12.4 Å². The molecule has 6 heteroatoms. The molecule has 2 atom stereocenters. The van der Waals surface area contributed by atoms with Crippen LogP contribution >= 0.6 is 11.6 Å². The summed E-state index contributed by atoms with van der Waals surface area (Å²) >= 11 is 5.87. The summed E-state index contributed by atoms with van der Waals surface area (Å²) in [6.45, 7) is 4.36. The van der Waals surface area contributed by atoms with Gasteiger partial charge in [0.25, 0.3) is 0 Å². The average Bonchev–Trinajstić information content (AvgIpc) is 3.10. The molecular formula is C14H21ClN4O. The summed E-state index contributed by atoms with van der Waals surface area (Å²) in [4.78, 5) is 13.5. The fourth-order valence-electron chi connectivity index (χ4n) is 3.18. The number of hydrogen-bond acceptors (Lipinski definition) is 5. The van der Waals surface area contributed by atoms with Crippen LogP contribution in [0.1, 0.15) is 19.3 Å². The fourth-order valence-corrected chi connectivity index (χ4v) is 3.28. The number of aromatic nitrogens is 2. The van der Waals surface area contributed by atoms with E-state index in [0.29, 0.717) is 11.1 Å². The van der Waals surface area contributed by atoms with Crippen molar-refractivity contribution in [3.63, 3.8) is 0 Å². The molecule has 0 unspecified atom stereocenters. The van der Waals surface area contributed by atoms with Gasteiger partial charge in [-0.2, -0.15) is 0 Å². The highest BCUT2D eigenvalue weighted by molar-refractivity contribution is 6.30.